The van der Waals surface area contributed by atoms with Crippen LogP contribution < -0.4 is 4.72 Å². The number of nitrogens with one attached hydrogen (secondary N) is 2. The molecule has 0 saturated carbocycles. The molecule has 0 aliphatic carbocycles. The first-order valence-corrected chi connectivity index (χ1v) is 9.42. The van der Waals surface area contributed by atoms with Gasteiger partial charge >= 0.3 is 0 Å². The van der Waals surface area contributed by atoms with Crippen molar-refractivity contribution >= 4 is 21.6 Å². The van der Waals surface area contributed by atoms with Crippen LogP contribution in [-0.2, 0) is 10.0 Å². The Morgan fingerprint density at radius 1 is 1.21 bits per heavy atom. The van der Waals surface area contributed by atoms with Crippen LogP contribution in [0.2, 0.25) is 0 Å². The smallest absolute Gasteiger partial charge is 0.265 e. The van der Waals surface area contributed by atoms with E-state index < -0.39 is 21.7 Å². The van der Waals surface area contributed by atoms with Crippen LogP contribution in [0.1, 0.15) is 16.1 Å². The molecule has 1 aromatic carbocycles. The van der Waals surface area contributed by atoms with Crippen LogP contribution in [0.3, 0.4) is 0 Å². The number of hydrogen-bond acceptors (Lipinski definition) is 5. The van der Waals surface area contributed by atoms with E-state index >= 15 is 0 Å². The van der Waals surface area contributed by atoms with Crippen molar-refractivity contribution in [1.82, 2.24) is 15.1 Å². The van der Waals surface area contributed by atoms with Crippen LogP contribution >= 0.6 is 0 Å². The van der Waals surface area contributed by atoms with Gasteiger partial charge in [-0.2, -0.15) is 5.10 Å². The summed E-state index contributed by atoms with van der Waals surface area (Å²) in [5.41, 5.74) is 0.276. The van der Waals surface area contributed by atoms with E-state index in [-0.39, 0.29) is 39.3 Å². The summed E-state index contributed by atoms with van der Waals surface area (Å²) in [6.45, 7) is 1.42. The molecule has 3 rings (SSSR count). The van der Waals surface area contributed by atoms with E-state index in [4.69, 9.17) is 4.42 Å². The van der Waals surface area contributed by atoms with Crippen molar-refractivity contribution in [3.63, 3.8) is 0 Å². The summed E-state index contributed by atoms with van der Waals surface area (Å²) in [6.07, 6.45) is 1.31. The molecule has 0 aliphatic rings. The lowest BCUT2D eigenvalue weighted by Gasteiger charge is -2.09. The Morgan fingerprint density at radius 2 is 1.93 bits per heavy atom. The monoisotopic (exact) mass is 410 g/mol. The van der Waals surface area contributed by atoms with Crippen LogP contribution in [0.15, 0.2) is 39.8 Å². The van der Waals surface area contributed by atoms with Crippen molar-refractivity contribution in [3.05, 3.63) is 53.4 Å². The van der Waals surface area contributed by atoms with E-state index in [1.165, 1.54) is 24.1 Å². The number of sulfonamides is 1. The Morgan fingerprint density at radius 3 is 2.57 bits per heavy atom. The predicted octanol–water partition coefficient (Wildman–Crippen LogP) is 2.76. The maximum absolute atomic E-state index is 13.3. The molecule has 8 nitrogen and oxygen atoms in total. The molecule has 2 heterocycles. The van der Waals surface area contributed by atoms with Crippen molar-refractivity contribution in [2.24, 2.45) is 0 Å². The molecule has 1 amide bonds. The number of aryl methyl sites for hydroxylation is 1. The normalized spacial score (nSPS) is 11.5. The van der Waals surface area contributed by atoms with Gasteiger partial charge in [0.25, 0.3) is 15.9 Å². The summed E-state index contributed by atoms with van der Waals surface area (Å²) in [7, 11) is -1.03. The number of rotatable bonds is 5. The number of anilines is 1. The van der Waals surface area contributed by atoms with Gasteiger partial charge in [0.05, 0.1) is 17.4 Å². The molecule has 0 fully saturated rings. The molecule has 11 heteroatoms. The standard InChI is InChI=1S/C17H16F2N4O4S/c1-9-15(28(25,26)22-10-4-5-12(18)13(19)6-10)7-14(27-9)16-11(8-20-21-16)17(24)23(2)3/h4-8,22H,1-3H3,(H,20,21). The number of carbonyl (C=O) groups is 1. The van der Waals surface area contributed by atoms with Crippen molar-refractivity contribution in [2.75, 3.05) is 18.8 Å². The number of halogens is 2. The lowest BCUT2D eigenvalue weighted by Crippen LogP contribution is -2.21. The van der Waals surface area contributed by atoms with Gasteiger partial charge in [-0.05, 0) is 19.1 Å². The van der Waals surface area contributed by atoms with Gasteiger partial charge in [0.15, 0.2) is 17.4 Å². The van der Waals surface area contributed by atoms with E-state index in [2.05, 4.69) is 14.9 Å². The lowest BCUT2D eigenvalue weighted by molar-refractivity contribution is 0.0828. The van der Waals surface area contributed by atoms with Crippen LogP contribution in [0, 0.1) is 18.6 Å². The van der Waals surface area contributed by atoms with Crippen LogP contribution in [-0.4, -0.2) is 43.5 Å². The minimum absolute atomic E-state index is 0.0444. The number of H-pyrrole nitrogens is 1. The number of aromatic amines is 1. The van der Waals surface area contributed by atoms with E-state index in [9.17, 15) is 22.0 Å². The minimum Gasteiger partial charge on any atom is -0.458 e. The van der Waals surface area contributed by atoms with Crippen LogP contribution in [0.25, 0.3) is 11.5 Å². The van der Waals surface area contributed by atoms with Crippen molar-refractivity contribution in [1.29, 1.82) is 0 Å². The highest BCUT2D eigenvalue weighted by Gasteiger charge is 2.26. The molecule has 0 spiro atoms. The van der Waals surface area contributed by atoms with E-state index in [0.717, 1.165) is 18.2 Å². The number of nitrogens with zero attached hydrogens (tertiary/aromatic N) is 2. The highest BCUT2D eigenvalue weighted by Crippen LogP contribution is 2.30. The zero-order valence-corrected chi connectivity index (χ0v) is 15.9. The predicted molar refractivity (Wildman–Crippen MR) is 96.2 cm³/mol. The zero-order valence-electron chi connectivity index (χ0n) is 15.1. The lowest BCUT2D eigenvalue weighted by atomic mass is 10.2. The molecule has 3 aromatic rings. The molecule has 0 aliphatic heterocycles. The summed E-state index contributed by atoms with van der Waals surface area (Å²) in [6, 6.07) is 3.85. The molecule has 0 unspecified atom stereocenters. The summed E-state index contributed by atoms with van der Waals surface area (Å²) >= 11 is 0. The topological polar surface area (TPSA) is 108 Å². The number of carbonyl (C=O) groups excluding carboxylic acids is 1. The molecule has 0 radical (unpaired) electrons. The zero-order chi connectivity index (χ0) is 20.6. The van der Waals surface area contributed by atoms with E-state index in [1.54, 1.807) is 14.1 Å². The van der Waals surface area contributed by atoms with Crippen molar-refractivity contribution < 1.29 is 26.4 Å². The van der Waals surface area contributed by atoms with Gasteiger partial charge in [-0.1, -0.05) is 0 Å². The number of hydrogen-bond donors (Lipinski definition) is 2. The molecule has 0 bridgehead atoms. The first-order chi connectivity index (χ1) is 13.1. The summed E-state index contributed by atoms with van der Waals surface area (Å²) in [4.78, 5) is 13.3. The second kappa shape index (κ2) is 7.08. The molecule has 148 valence electrons. The van der Waals surface area contributed by atoms with Gasteiger partial charge in [0, 0.05) is 26.2 Å². The summed E-state index contributed by atoms with van der Waals surface area (Å²) < 4.78 is 59.3. The number of aromatic nitrogens is 2. The molecular formula is C17H16F2N4O4S. The fourth-order valence-electron chi connectivity index (χ4n) is 2.50. The van der Waals surface area contributed by atoms with Crippen molar-refractivity contribution in [3.8, 4) is 11.5 Å². The fourth-order valence-corrected chi connectivity index (χ4v) is 3.73. The van der Waals surface area contributed by atoms with Crippen LogP contribution in [0.4, 0.5) is 14.5 Å². The maximum atomic E-state index is 13.3. The first kappa shape index (κ1) is 19.5. The van der Waals surface area contributed by atoms with Gasteiger partial charge in [0.2, 0.25) is 0 Å². The molecule has 0 saturated heterocycles. The first-order valence-electron chi connectivity index (χ1n) is 7.94. The SMILES string of the molecule is Cc1oc(-c2[nH]ncc2C(=O)N(C)C)cc1S(=O)(=O)Nc1ccc(F)c(F)c1. The quantitative estimate of drug-likeness (QED) is 0.672. The third-order valence-electron chi connectivity index (χ3n) is 3.86. The number of benzene rings is 1. The third-order valence-corrected chi connectivity index (χ3v) is 5.34. The minimum atomic E-state index is -4.16. The van der Waals surface area contributed by atoms with E-state index in [0.29, 0.717) is 0 Å². The maximum Gasteiger partial charge on any atom is 0.265 e. The van der Waals surface area contributed by atoms with E-state index in [1.807, 2.05) is 0 Å². The summed E-state index contributed by atoms with van der Waals surface area (Å²) in [5.74, 6) is -2.49. The Labute approximate surface area is 159 Å². The highest BCUT2D eigenvalue weighted by atomic mass is 32.2. The Kier molecular flexibility index (Phi) is 4.94. The molecular weight excluding hydrogens is 394 g/mol. The Hall–Kier alpha value is -3.21. The average molecular weight is 410 g/mol. The largest absolute Gasteiger partial charge is 0.458 e. The molecule has 2 N–H and O–H groups in total. The summed E-state index contributed by atoms with van der Waals surface area (Å²) in [5, 5.41) is 6.43. The second-order valence-corrected chi connectivity index (χ2v) is 7.77. The number of amides is 1. The van der Waals surface area contributed by atoms with Gasteiger partial charge in [-0.3, -0.25) is 14.6 Å². The molecule has 2 aromatic heterocycles. The second-order valence-electron chi connectivity index (χ2n) is 6.12. The van der Waals surface area contributed by atoms with Gasteiger partial charge in [-0.25, -0.2) is 17.2 Å². The number of furan rings is 1. The van der Waals surface area contributed by atoms with Crippen molar-refractivity contribution in [2.45, 2.75) is 11.8 Å². The Balaban J connectivity index is 1.97. The fraction of sp³-hybridized carbons (Fsp3) is 0.176. The molecule has 28 heavy (non-hydrogen) atoms. The van der Waals surface area contributed by atoms with Gasteiger partial charge in [-0.15, -0.1) is 0 Å². The Bertz CT molecular complexity index is 1150. The average Bonchev–Trinajstić information content (AvgIpc) is 3.23. The molecule has 0 atom stereocenters. The third kappa shape index (κ3) is 3.60. The van der Waals surface area contributed by atoms with Crippen LogP contribution in [0.5, 0.6) is 0 Å². The van der Waals surface area contributed by atoms with Gasteiger partial charge in [0.1, 0.15) is 16.3 Å². The highest BCUT2D eigenvalue weighted by molar-refractivity contribution is 7.92. The van der Waals surface area contributed by atoms with Gasteiger partial charge < -0.3 is 9.32 Å².